The van der Waals surface area contributed by atoms with Gasteiger partial charge in [-0.1, -0.05) is 0 Å². The molecule has 1 aliphatic heterocycles. The number of rotatable bonds is 4. The molecule has 0 radical (unpaired) electrons. The average molecular weight is 406 g/mol. The summed E-state index contributed by atoms with van der Waals surface area (Å²) in [5.41, 5.74) is 3.37. The van der Waals surface area contributed by atoms with Crippen molar-refractivity contribution in [3.8, 4) is 5.69 Å². The van der Waals surface area contributed by atoms with Gasteiger partial charge in [0.15, 0.2) is 5.78 Å². The number of carbonyl (C=O) groups excluding carboxylic acids is 2. The Morgan fingerprint density at radius 1 is 0.933 bits per heavy atom. The molecule has 4 rings (SSSR count). The molecule has 1 amide bonds. The number of nitrogens with zero attached hydrogens (tertiary/aromatic N) is 4. The highest BCUT2D eigenvalue weighted by atomic mass is 19.1. The molecule has 1 aromatic heterocycles. The third-order valence-electron chi connectivity index (χ3n) is 5.45. The van der Waals surface area contributed by atoms with Crippen molar-refractivity contribution in [2.45, 2.75) is 13.8 Å². The van der Waals surface area contributed by atoms with E-state index in [0.717, 1.165) is 11.4 Å². The highest BCUT2D eigenvalue weighted by molar-refractivity contribution is 5.95. The summed E-state index contributed by atoms with van der Waals surface area (Å²) in [5.74, 6) is -0.609. The van der Waals surface area contributed by atoms with E-state index in [4.69, 9.17) is 0 Å². The summed E-state index contributed by atoms with van der Waals surface area (Å²) in [5, 5.41) is 4.28. The van der Waals surface area contributed by atoms with E-state index in [1.807, 2.05) is 46.8 Å². The number of anilines is 1. The molecule has 30 heavy (non-hydrogen) atoms. The standard InChI is InChI=1S/C23H23FN4O2/c1-16-9-10-25-28(16)20-6-3-18(4-7-20)23(30)27-13-11-26(12-14-27)22-8-5-19(17(2)29)15-21(22)24/h3-10,15H,11-14H2,1-2H3. The Morgan fingerprint density at radius 3 is 2.17 bits per heavy atom. The quantitative estimate of drug-likeness (QED) is 0.623. The molecule has 1 saturated heterocycles. The Kier molecular flexibility index (Phi) is 5.35. The first kappa shape index (κ1) is 19.8. The van der Waals surface area contributed by atoms with Crippen molar-refractivity contribution in [3.05, 3.63) is 77.4 Å². The molecule has 1 fully saturated rings. The zero-order valence-electron chi connectivity index (χ0n) is 17.0. The van der Waals surface area contributed by atoms with Crippen molar-refractivity contribution in [2.24, 2.45) is 0 Å². The molecule has 6 nitrogen and oxygen atoms in total. The monoisotopic (exact) mass is 406 g/mol. The third kappa shape index (κ3) is 3.83. The highest BCUT2D eigenvalue weighted by Crippen LogP contribution is 2.23. The van der Waals surface area contributed by atoms with E-state index < -0.39 is 5.82 Å². The molecule has 0 spiro atoms. The maximum atomic E-state index is 14.4. The van der Waals surface area contributed by atoms with E-state index in [0.29, 0.717) is 43.0 Å². The summed E-state index contributed by atoms with van der Waals surface area (Å²) in [4.78, 5) is 28.0. The van der Waals surface area contributed by atoms with Crippen LogP contribution in [0.3, 0.4) is 0 Å². The fourth-order valence-electron chi connectivity index (χ4n) is 3.70. The number of aromatic nitrogens is 2. The number of ketones is 1. The number of hydrogen-bond donors (Lipinski definition) is 0. The minimum absolute atomic E-state index is 0.0363. The van der Waals surface area contributed by atoms with Crippen LogP contribution >= 0.6 is 0 Å². The number of amides is 1. The van der Waals surface area contributed by atoms with Crippen LogP contribution in [-0.4, -0.2) is 52.5 Å². The van der Waals surface area contributed by atoms with E-state index in [-0.39, 0.29) is 11.7 Å². The molecular weight excluding hydrogens is 383 g/mol. The largest absolute Gasteiger partial charge is 0.366 e. The van der Waals surface area contributed by atoms with Gasteiger partial charge in [0.1, 0.15) is 5.82 Å². The molecular formula is C23H23FN4O2. The van der Waals surface area contributed by atoms with Gasteiger partial charge in [-0.05, 0) is 62.4 Å². The van der Waals surface area contributed by atoms with Crippen LogP contribution in [0.5, 0.6) is 0 Å². The molecule has 1 aliphatic rings. The minimum Gasteiger partial charge on any atom is -0.366 e. The molecule has 0 saturated carbocycles. The van der Waals surface area contributed by atoms with Crippen molar-refractivity contribution in [1.82, 2.24) is 14.7 Å². The van der Waals surface area contributed by atoms with Gasteiger partial charge in [-0.2, -0.15) is 5.10 Å². The number of piperazine rings is 1. The second kappa shape index (κ2) is 8.10. The number of Topliss-reactive ketones (excluding diaryl/α,β-unsaturated/α-hetero) is 1. The van der Waals surface area contributed by atoms with Gasteiger partial charge in [0.25, 0.3) is 5.91 Å². The second-order valence-electron chi connectivity index (χ2n) is 7.43. The molecule has 2 aromatic carbocycles. The first-order chi connectivity index (χ1) is 14.4. The molecule has 0 unspecified atom stereocenters. The zero-order chi connectivity index (χ0) is 21.3. The van der Waals surface area contributed by atoms with Crippen molar-refractivity contribution in [2.75, 3.05) is 31.1 Å². The van der Waals surface area contributed by atoms with E-state index in [1.165, 1.54) is 13.0 Å². The number of halogens is 1. The number of hydrogen-bond acceptors (Lipinski definition) is 4. The fraction of sp³-hybridized carbons (Fsp3) is 0.261. The van der Waals surface area contributed by atoms with Gasteiger partial charge < -0.3 is 9.80 Å². The molecule has 0 atom stereocenters. The van der Waals surface area contributed by atoms with Crippen molar-refractivity contribution in [1.29, 1.82) is 0 Å². The lowest BCUT2D eigenvalue weighted by Crippen LogP contribution is -2.49. The summed E-state index contributed by atoms with van der Waals surface area (Å²) in [6.07, 6.45) is 1.74. The number of aryl methyl sites for hydroxylation is 1. The molecule has 154 valence electrons. The third-order valence-corrected chi connectivity index (χ3v) is 5.45. The maximum absolute atomic E-state index is 14.4. The molecule has 0 bridgehead atoms. The van der Waals surface area contributed by atoms with E-state index in [2.05, 4.69) is 5.10 Å². The lowest BCUT2D eigenvalue weighted by molar-refractivity contribution is 0.0746. The van der Waals surface area contributed by atoms with Crippen LogP contribution in [0.1, 0.15) is 33.3 Å². The summed E-state index contributed by atoms with van der Waals surface area (Å²) in [6.45, 7) is 5.47. The van der Waals surface area contributed by atoms with Crippen LogP contribution in [0.25, 0.3) is 5.69 Å². The van der Waals surface area contributed by atoms with Crippen LogP contribution in [0.2, 0.25) is 0 Å². The Morgan fingerprint density at radius 2 is 1.60 bits per heavy atom. The first-order valence-corrected chi connectivity index (χ1v) is 9.90. The van der Waals surface area contributed by atoms with E-state index in [1.54, 1.807) is 23.2 Å². The normalized spacial score (nSPS) is 14.1. The minimum atomic E-state index is -0.410. The second-order valence-corrected chi connectivity index (χ2v) is 7.43. The SMILES string of the molecule is CC(=O)c1ccc(N2CCN(C(=O)c3ccc(-n4nccc4C)cc3)CC2)c(F)c1. The van der Waals surface area contributed by atoms with Gasteiger partial charge in [-0.3, -0.25) is 9.59 Å². The van der Waals surface area contributed by atoms with Crippen LogP contribution in [-0.2, 0) is 0 Å². The van der Waals surface area contributed by atoms with E-state index in [9.17, 15) is 14.0 Å². The molecule has 0 aliphatic carbocycles. The zero-order valence-corrected chi connectivity index (χ0v) is 17.0. The van der Waals surface area contributed by atoms with Crippen molar-refractivity contribution < 1.29 is 14.0 Å². The molecule has 0 N–H and O–H groups in total. The van der Waals surface area contributed by atoms with Crippen molar-refractivity contribution in [3.63, 3.8) is 0 Å². The van der Waals surface area contributed by atoms with Gasteiger partial charge in [-0.15, -0.1) is 0 Å². The van der Waals surface area contributed by atoms with Crippen LogP contribution in [0, 0.1) is 12.7 Å². The molecule has 7 heteroatoms. The van der Waals surface area contributed by atoms with Crippen molar-refractivity contribution >= 4 is 17.4 Å². The average Bonchev–Trinajstić information content (AvgIpc) is 3.19. The van der Waals surface area contributed by atoms with Crippen LogP contribution in [0.4, 0.5) is 10.1 Å². The Labute approximate surface area is 174 Å². The van der Waals surface area contributed by atoms with E-state index >= 15 is 0 Å². The smallest absolute Gasteiger partial charge is 0.253 e. The summed E-state index contributed by atoms with van der Waals surface area (Å²) >= 11 is 0. The number of benzene rings is 2. The Bertz CT molecular complexity index is 1080. The first-order valence-electron chi connectivity index (χ1n) is 9.90. The maximum Gasteiger partial charge on any atom is 0.253 e. The molecule has 3 aromatic rings. The summed E-state index contributed by atoms with van der Waals surface area (Å²) in [7, 11) is 0. The Balaban J connectivity index is 1.41. The Hall–Kier alpha value is -3.48. The topological polar surface area (TPSA) is 58.4 Å². The predicted octanol–water partition coefficient (Wildman–Crippen LogP) is 3.48. The molecule has 2 heterocycles. The summed E-state index contributed by atoms with van der Waals surface area (Å²) < 4.78 is 16.2. The van der Waals surface area contributed by atoms with Gasteiger partial charge >= 0.3 is 0 Å². The predicted molar refractivity (Wildman–Crippen MR) is 113 cm³/mol. The summed E-state index contributed by atoms with van der Waals surface area (Å²) in [6, 6.07) is 13.9. The highest BCUT2D eigenvalue weighted by Gasteiger charge is 2.24. The van der Waals surface area contributed by atoms with Crippen LogP contribution in [0.15, 0.2) is 54.7 Å². The van der Waals surface area contributed by atoms with Gasteiger partial charge in [0.2, 0.25) is 0 Å². The fourth-order valence-corrected chi connectivity index (χ4v) is 3.70. The van der Waals surface area contributed by atoms with Gasteiger partial charge in [0.05, 0.1) is 11.4 Å². The van der Waals surface area contributed by atoms with Crippen LogP contribution < -0.4 is 4.90 Å². The van der Waals surface area contributed by atoms with Gasteiger partial charge in [-0.25, -0.2) is 9.07 Å². The lowest BCUT2D eigenvalue weighted by Gasteiger charge is -2.36. The lowest BCUT2D eigenvalue weighted by atomic mass is 10.1. The number of carbonyl (C=O) groups is 2. The van der Waals surface area contributed by atoms with Gasteiger partial charge in [0, 0.05) is 49.2 Å².